The van der Waals surface area contributed by atoms with Crippen molar-refractivity contribution in [2.75, 3.05) is 38.9 Å². The molecule has 0 N–H and O–H groups in total. The number of Topliss-reactive ketones (excluding diaryl/α,β-unsaturated/α-hetero) is 1. The number of benzene rings is 1. The number of hydrogen-bond donors (Lipinski definition) is 0. The average Bonchev–Trinajstić information content (AvgIpc) is 3.31. The Morgan fingerprint density at radius 2 is 1.94 bits per heavy atom. The lowest BCUT2D eigenvalue weighted by Gasteiger charge is -2.18. The van der Waals surface area contributed by atoms with Gasteiger partial charge in [-0.1, -0.05) is 6.07 Å². The van der Waals surface area contributed by atoms with Gasteiger partial charge in [0.15, 0.2) is 6.61 Å². The summed E-state index contributed by atoms with van der Waals surface area (Å²) in [5, 5.41) is 0. The summed E-state index contributed by atoms with van der Waals surface area (Å²) >= 11 is 0. The van der Waals surface area contributed by atoms with Crippen molar-refractivity contribution in [2.24, 2.45) is 5.92 Å². The third-order valence-corrected chi connectivity index (χ3v) is 5.80. The second-order valence-electron chi connectivity index (χ2n) is 8.10. The van der Waals surface area contributed by atoms with Gasteiger partial charge < -0.3 is 23.7 Å². The summed E-state index contributed by atoms with van der Waals surface area (Å²) in [5.74, 6) is -0.961. The van der Waals surface area contributed by atoms with Crippen molar-refractivity contribution in [3.63, 3.8) is 0 Å². The minimum absolute atomic E-state index is 0.0489. The average molecular weight is 443 g/mol. The van der Waals surface area contributed by atoms with Gasteiger partial charge in [0.1, 0.15) is 5.75 Å². The monoisotopic (exact) mass is 442 g/mol. The molecular weight excluding hydrogens is 412 g/mol. The van der Waals surface area contributed by atoms with Crippen LogP contribution < -0.4 is 9.64 Å². The van der Waals surface area contributed by atoms with Gasteiger partial charge in [0.25, 0.3) is 0 Å². The molecule has 2 unspecified atom stereocenters. The topological polar surface area (TPSA) is 87.1 Å². The molecule has 1 saturated heterocycles. The number of aromatic nitrogens is 1. The van der Waals surface area contributed by atoms with Crippen LogP contribution in [0, 0.1) is 19.8 Å². The molecule has 3 rings (SSSR count). The number of anilines is 1. The summed E-state index contributed by atoms with van der Waals surface area (Å²) in [7, 11) is 3.19. The van der Waals surface area contributed by atoms with Crippen molar-refractivity contribution in [2.45, 2.75) is 33.2 Å². The van der Waals surface area contributed by atoms with E-state index in [2.05, 4.69) is 0 Å². The number of carbonyl (C=O) groups is 3. The molecule has 0 bridgehead atoms. The van der Waals surface area contributed by atoms with Gasteiger partial charge in [-0.2, -0.15) is 0 Å². The van der Waals surface area contributed by atoms with Crippen LogP contribution in [0.2, 0.25) is 0 Å². The van der Waals surface area contributed by atoms with Gasteiger partial charge in [0.2, 0.25) is 11.7 Å². The number of methoxy groups -OCH3 is 2. The summed E-state index contributed by atoms with van der Waals surface area (Å²) in [4.78, 5) is 39.3. The van der Waals surface area contributed by atoms with E-state index < -0.39 is 11.9 Å². The zero-order valence-electron chi connectivity index (χ0n) is 19.2. The van der Waals surface area contributed by atoms with Crippen molar-refractivity contribution in [1.29, 1.82) is 0 Å². The van der Waals surface area contributed by atoms with Crippen LogP contribution in [0.3, 0.4) is 0 Å². The van der Waals surface area contributed by atoms with Crippen LogP contribution in [0.25, 0.3) is 0 Å². The van der Waals surface area contributed by atoms with Crippen molar-refractivity contribution >= 4 is 23.3 Å². The van der Waals surface area contributed by atoms with Gasteiger partial charge in [0, 0.05) is 48.8 Å². The van der Waals surface area contributed by atoms with Crippen LogP contribution in [0.5, 0.6) is 5.75 Å². The molecule has 8 heteroatoms. The van der Waals surface area contributed by atoms with Gasteiger partial charge in [-0.15, -0.1) is 0 Å². The van der Waals surface area contributed by atoms with E-state index in [-0.39, 0.29) is 37.3 Å². The van der Waals surface area contributed by atoms with E-state index in [9.17, 15) is 14.4 Å². The highest BCUT2D eigenvalue weighted by atomic mass is 16.5. The molecule has 8 nitrogen and oxygen atoms in total. The first-order valence-corrected chi connectivity index (χ1v) is 10.6. The maximum atomic E-state index is 12.7. The number of carbonyl (C=O) groups excluding carboxylic acids is 3. The summed E-state index contributed by atoms with van der Waals surface area (Å²) in [6.45, 7) is 6.20. The Hall–Kier alpha value is -3.13. The first-order valence-electron chi connectivity index (χ1n) is 10.6. The highest BCUT2D eigenvalue weighted by Crippen LogP contribution is 2.28. The molecule has 32 heavy (non-hydrogen) atoms. The molecule has 0 saturated carbocycles. The number of ketones is 1. The number of esters is 1. The summed E-state index contributed by atoms with van der Waals surface area (Å²) < 4.78 is 17.8. The minimum Gasteiger partial charge on any atom is -0.497 e. The number of ether oxygens (including phenoxy) is 3. The summed E-state index contributed by atoms with van der Waals surface area (Å²) in [5.41, 5.74) is 2.95. The lowest BCUT2D eigenvalue weighted by Crippen LogP contribution is -2.27. The maximum Gasteiger partial charge on any atom is 0.311 e. The molecule has 1 aromatic heterocycles. The number of amides is 1. The van der Waals surface area contributed by atoms with E-state index in [4.69, 9.17) is 14.2 Å². The Bertz CT molecular complexity index is 1010. The predicted octanol–water partition coefficient (Wildman–Crippen LogP) is 3.10. The van der Waals surface area contributed by atoms with Crippen LogP contribution in [0.4, 0.5) is 5.69 Å². The molecular formula is C24H30N2O6. The third kappa shape index (κ3) is 4.85. The molecule has 1 amide bonds. The van der Waals surface area contributed by atoms with E-state index in [0.717, 1.165) is 11.4 Å². The predicted molar refractivity (Wildman–Crippen MR) is 119 cm³/mol. The first-order chi connectivity index (χ1) is 15.3. The third-order valence-electron chi connectivity index (χ3n) is 5.80. The lowest BCUT2D eigenvalue weighted by molar-refractivity contribution is -0.147. The zero-order valence-corrected chi connectivity index (χ0v) is 19.2. The molecule has 1 aromatic carbocycles. The quantitative estimate of drug-likeness (QED) is 0.438. The highest BCUT2D eigenvalue weighted by Gasteiger charge is 2.36. The Labute approximate surface area is 188 Å². The molecule has 1 aliphatic rings. The molecule has 0 radical (unpaired) electrons. The molecule has 0 spiro atoms. The largest absolute Gasteiger partial charge is 0.497 e. The SMILES string of the molecule is COCC(C)n1c(C)cc(C(=O)COC(=O)C2CC(=O)N(c3cccc(OC)c3)C2)c1C. The van der Waals surface area contributed by atoms with Crippen molar-refractivity contribution < 1.29 is 28.6 Å². The smallest absolute Gasteiger partial charge is 0.311 e. The van der Waals surface area contributed by atoms with E-state index in [1.165, 1.54) is 0 Å². The van der Waals surface area contributed by atoms with E-state index >= 15 is 0 Å². The number of nitrogens with zero attached hydrogens (tertiary/aromatic N) is 2. The summed E-state index contributed by atoms with van der Waals surface area (Å²) in [6.07, 6.45) is 0.0489. The van der Waals surface area contributed by atoms with Crippen LogP contribution >= 0.6 is 0 Å². The van der Waals surface area contributed by atoms with E-state index in [1.807, 2.05) is 25.3 Å². The Morgan fingerprint density at radius 3 is 2.62 bits per heavy atom. The van der Waals surface area contributed by atoms with Gasteiger partial charge in [0.05, 0.1) is 25.7 Å². The van der Waals surface area contributed by atoms with Gasteiger partial charge in [-0.3, -0.25) is 14.4 Å². The standard InChI is InChI=1S/C24H30N2O6/c1-15-9-21(17(3)26(15)16(2)13-30-4)22(27)14-32-24(29)18-10-23(28)25(12-18)19-7-6-8-20(11-19)31-5/h6-9,11,16,18H,10,12-14H2,1-5H3. The Morgan fingerprint density at radius 1 is 1.19 bits per heavy atom. The molecule has 172 valence electrons. The van der Waals surface area contributed by atoms with Crippen LogP contribution in [-0.4, -0.2) is 56.2 Å². The second-order valence-corrected chi connectivity index (χ2v) is 8.10. The first kappa shape index (κ1) is 23.5. The fourth-order valence-corrected chi connectivity index (χ4v) is 4.28. The fraction of sp³-hybridized carbons (Fsp3) is 0.458. The Kier molecular flexibility index (Phi) is 7.35. The Balaban J connectivity index is 1.62. The summed E-state index contributed by atoms with van der Waals surface area (Å²) in [6, 6.07) is 9.00. The van der Waals surface area contributed by atoms with E-state index in [1.54, 1.807) is 49.5 Å². The highest BCUT2D eigenvalue weighted by molar-refractivity contribution is 6.01. The normalized spacial score (nSPS) is 16.8. The van der Waals surface area contributed by atoms with Gasteiger partial charge in [-0.05, 0) is 39.0 Å². The van der Waals surface area contributed by atoms with Crippen LogP contribution in [0.15, 0.2) is 30.3 Å². The molecule has 0 aliphatic carbocycles. The minimum atomic E-state index is -0.615. The van der Waals surface area contributed by atoms with Crippen molar-refractivity contribution in [3.05, 3.63) is 47.3 Å². The van der Waals surface area contributed by atoms with Crippen LogP contribution in [0.1, 0.15) is 41.1 Å². The lowest BCUT2D eigenvalue weighted by atomic mass is 10.1. The zero-order chi connectivity index (χ0) is 23.4. The van der Waals surface area contributed by atoms with E-state index in [0.29, 0.717) is 23.6 Å². The number of hydrogen-bond acceptors (Lipinski definition) is 6. The molecule has 1 aliphatic heterocycles. The maximum absolute atomic E-state index is 12.7. The number of rotatable bonds is 9. The van der Waals surface area contributed by atoms with Gasteiger partial charge in [-0.25, -0.2) is 0 Å². The van der Waals surface area contributed by atoms with Gasteiger partial charge >= 0.3 is 5.97 Å². The van der Waals surface area contributed by atoms with Crippen molar-refractivity contribution in [1.82, 2.24) is 4.57 Å². The van der Waals surface area contributed by atoms with Crippen LogP contribution in [-0.2, 0) is 19.1 Å². The second kappa shape index (κ2) is 9.99. The molecule has 2 atom stereocenters. The molecule has 1 fully saturated rings. The van der Waals surface area contributed by atoms with Crippen molar-refractivity contribution in [3.8, 4) is 5.75 Å². The number of aryl methyl sites for hydroxylation is 1. The molecule has 2 aromatic rings. The molecule has 2 heterocycles. The fourth-order valence-electron chi connectivity index (χ4n) is 4.28.